The highest BCUT2D eigenvalue weighted by atomic mass is 16.5. The molecule has 1 aromatic carbocycles. The van der Waals surface area contributed by atoms with Crippen LogP contribution in [0.3, 0.4) is 0 Å². The predicted octanol–water partition coefficient (Wildman–Crippen LogP) is 3.15. The van der Waals surface area contributed by atoms with E-state index in [0.717, 1.165) is 28.1 Å². The van der Waals surface area contributed by atoms with Gasteiger partial charge in [-0.25, -0.2) is 4.98 Å². The molecule has 19 heavy (non-hydrogen) atoms. The Kier molecular flexibility index (Phi) is 3.06. The quantitative estimate of drug-likeness (QED) is 0.778. The van der Waals surface area contributed by atoms with Gasteiger partial charge in [-0.3, -0.25) is 0 Å². The zero-order valence-electron chi connectivity index (χ0n) is 10.6. The van der Waals surface area contributed by atoms with Gasteiger partial charge in [-0.2, -0.15) is 0 Å². The Hall–Kier alpha value is -2.49. The maximum absolute atomic E-state index is 5.73. The minimum Gasteiger partial charge on any atom is -0.497 e. The number of fused-ring (bicyclic) bond motifs is 1. The first-order valence-corrected chi connectivity index (χ1v) is 6.04. The van der Waals surface area contributed by atoms with Crippen molar-refractivity contribution in [3.63, 3.8) is 0 Å². The summed E-state index contributed by atoms with van der Waals surface area (Å²) in [5.41, 5.74) is 1.96. The van der Waals surface area contributed by atoms with E-state index in [1.54, 1.807) is 13.3 Å². The van der Waals surface area contributed by atoms with Gasteiger partial charge in [0, 0.05) is 11.6 Å². The molecule has 4 heteroatoms. The van der Waals surface area contributed by atoms with E-state index in [1.807, 2.05) is 42.6 Å². The number of aromatic nitrogens is 2. The van der Waals surface area contributed by atoms with Gasteiger partial charge < -0.3 is 14.5 Å². The van der Waals surface area contributed by atoms with Crippen molar-refractivity contribution >= 4 is 11.0 Å². The average Bonchev–Trinajstić information content (AvgIpc) is 2.93. The van der Waals surface area contributed by atoms with Crippen LogP contribution in [0.4, 0.5) is 0 Å². The fraction of sp³-hybridized carbons (Fsp3) is 0.133. The van der Waals surface area contributed by atoms with Crippen molar-refractivity contribution in [1.82, 2.24) is 9.97 Å². The van der Waals surface area contributed by atoms with Crippen molar-refractivity contribution in [2.24, 2.45) is 0 Å². The third-order valence-electron chi connectivity index (χ3n) is 2.94. The molecule has 2 heterocycles. The number of methoxy groups -OCH3 is 1. The molecule has 3 aromatic rings. The number of ether oxygens (including phenoxy) is 2. The molecule has 0 aliphatic rings. The maximum Gasteiger partial charge on any atom is 0.138 e. The van der Waals surface area contributed by atoms with Crippen LogP contribution in [0.25, 0.3) is 11.0 Å². The monoisotopic (exact) mass is 254 g/mol. The molecule has 96 valence electrons. The largest absolute Gasteiger partial charge is 0.497 e. The number of pyridine rings is 1. The fourth-order valence-electron chi connectivity index (χ4n) is 1.89. The Balaban J connectivity index is 1.70. The number of hydrogen-bond acceptors (Lipinski definition) is 3. The summed E-state index contributed by atoms with van der Waals surface area (Å²) >= 11 is 0. The molecule has 1 N–H and O–H groups in total. The van der Waals surface area contributed by atoms with E-state index in [-0.39, 0.29) is 0 Å². The molecule has 4 nitrogen and oxygen atoms in total. The molecule has 0 bridgehead atoms. The van der Waals surface area contributed by atoms with Gasteiger partial charge in [-0.1, -0.05) is 12.1 Å². The lowest BCUT2D eigenvalue weighted by Crippen LogP contribution is -1.96. The highest BCUT2D eigenvalue weighted by Crippen LogP contribution is 2.19. The lowest BCUT2D eigenvalue weighted by Gasteiger charge is -2.06. The second-order valence-electron chi connectivity index (χ2n) is 4.22. The molecule has 0 saturated heterocycles. The van der Waals surface area contributed by atoms with Gasteiger partial charge in [-0.15, -0.1) is 0 Å². The number of nitrogens with one attached hydrogen (secondary N) is 1. The average molecular weight is 254 g/mol. The van der Waals surface area contributed by atoms with E-state index >= 15 is 0 Å². The Bertz CT molecular complexity index is 674. The normalized spacial score (nSPS) is 10.6. The summed E-state index contributed by atoms with van der Waals surface area (Å²) in [6.07, 6.45) is 3.59. The van der Waals surface area contributed by atoms with Crippen LogP contribution in [0.2, 0.25) is 0 Å². The fourth-order valence-corrected chi connectivity index (χ4v) is 1.89. The molecule has 0 saturated carbocycles. The van der Waals surface area contributed by atoms with Gasteiger partial charge in [0.2, 0.25) is 0 Å². The lowest BCUT2D eigenvalue weighted by molar-refractivity contribution is 0.305. The van der Waals surface area contributed by atoms with E-state index in [0.29, 0.717) is 6.61 Å². The third-order valence-corrected chi connectivity index (χ3v) is 2.94. The van der Waals surface area contributed by atoms with E-state index in [9.17, 15) is 0 Å². The minimum absolute atomic E-state index is 0.515. The molecule has 2 aromatic heterocycles. The summed E-state index contributed by atoms with van der Waals surface area (Å²) < 4.78 is 10.8. The van der Waals surface area contributed by atoms with Crippen LogP contribution < -0.4 is 9.47 Å². The first-order chi connectivity index (χ1) is 9.35. The Morgan fingerprint density at radius 1 is 1.11 bits per heavy atom. The van der Waals surface area contributed by atoms with Crippen LogP contribution in [0.1, 0.15) is 5.56 Å². The summed E-state index contributed by atoms with van der Waals surface area (Å²) in [5.74, 6) is 1.61. The van der Waals surface area contributed by atoms with Crippen molar-refractivity contribution in [3.8, 4) is 11.5 Å². The van der Waals surface area contributed by atoms with Crippen molar-refractivity contribution in [3.05, 3.63) is 54.4 Å². The van der Waals surface area contributed by atoms with Crippen LogP contribution in [0, 0.1) is 0 Å². The molecule has 0 fully saturated rings. The van der Waals surface area contributed by atoms with E-state index < -0.39 is 0 Å². The molecule has 0 aliphatic carbocycles. The Labute approximate surface area is 111 Å². The van der Waals surface area contributed by atoms with Crippen LogP contribution in [0.5, 0.6) is 11.5 Å². The number of benzene rings is 1. The molecular weight excluding hydrogens is 240 g/mol. The van der Waals surface area contributed by atoms with Crippen molar-refractivity contribution in [2.75, 3.05) is 7.11 Å². The summed E-state index contributed by atoms with van der Waals surface area (Å²) in [5, 5.41) is 1.05. The second kappa shape index (κ2) is 5.02. The smallest absolute Gasteiger partial charge is 0.138 e. The number of rotatable bonds is 4. The number of nitrogens with zero attached hydrogens (tertiary/aromatic N) is 1. The van der Waals surface area contributed by atoms with Crippen molar-refractivity contribution in [2.45, 2.75) is 6.61 Å². The summed E-state index contributed by atoms with van der Waals surface area (Å²) in [6.45, 7) is 0.515. The highest BCUT2D eigenvalue weighted by molar-refractivity contribution is 5.76. The predicted molar refractivity (Wildman–Crippen MR) is 73.4 cm³/mol. The highest BCUT2D eigenvalue weighted by Gasteiger charge is 2.00. The second-order valence-corrected chi connectivity index (χ2v) is 4.22. The molecule has 0 spiro atoms. The van der Waals surface area contributed by atoms with E-state index in [1.165, 1.54) is 0 Å². The number of hydrogen-bond donors (Lipinski definition) is 1. The molecule has 0 atom stereocenters. The molecule has 0 unspecified atom stereocenters. The van der Waals surface area contributed by atoms with Gasteiger partial charge in [-0.05, 0) is 29.8 Å². The van der Waals surface area contributed by atoms with E-state index in [2.05, 4.69) is 9.97 Å². The topological polar surface area (TPSA) is 47.1 Å². The first-order valence-electron chi connectivity index (χ1n) is 6.04. The molecule has 0 radical (unpaired) electrons. The lowest BCUT2D eigenvalue weighted by atomic mass is 10.2. The van der Waals surface area contributed by atoms with Crippen molar-refractivity contribution < 1.29 is 9.47 Å². The summed E-state index contributed by atoms with van der Waals surface area (Å²) in [7, 11) is 1.66. The summed E-state index contributed by atoms with van der Waals surface area (Å²) in [6, 6.07) is 11.8. The number of aromatic amines is 1. The Morgan fingerprint density at radius 2 is 1.95 bits per heavy atom. The van der Waals surface area contributed by atoms with Gasteiger partial charge >= 0.3 is 0 Å². The van der Waals surface area contributed by atoms with Gasteiger partial charge in [0.1, 0.15) is 23.8 Å². The Morgan fingerprint density at radius 3 is 2.74 bits per heavy atom. The molecule has 0 amide bonds. The van der Waals surface area contributed by atoms with Crippen LogP contribution >= 0.6 is 0 Å². The molecular formula is C15H14N2O2. The maximum atomic E-state index is 5.73. The summed E-state index contributed by atoms with van der Waals surface area (Å²) in [4.78, 5) is 7.33. The SMILES string of the molecule is COc1ccc(COc2cnc3[nH]ccc3c2)cc1. The minimum atomic E-state index is 0.515. The van der Waals surface area contributed by atoms with Crippen LogP contribution in [0.15, 0.2) is 48.8 Å². The van der Waals surface area contributed by atoms with Crippen LogP contribution in [-0.4, -0.2) is 17.1 Å². The van der Waals surface area contributed by atoms with E-state index in [4.69, 9.17) is 9.47 Å². The van der Waals surface area contributed by atoms with Gasteiger partial charge in [0.15, 0.2) is 0 Å². The van der Waals surface area contributed by atoms with Gasteiger partial charge in [0.05, 0.1) is 13.3 Å². The van der Waals surface area contributed by atoms with Gasteiger partial charge in [0.25, 0.3) is 0 Å². The number of H-pyrrole nitrogens is 1. The van der Waals surface area contributed by atoms with Crippen molar-refractivity contribution in [1.29, 1.82) is 0 Å². The zero-order chi connectivity index (χ0) is 13.1. The zero-order valence-corrected chi connectivity index (χ0v) is 10.6. The standard InChI is InChI=1S/C15H14N2O2/c1-18-13-4-2-11(3-5-13)10-19-14-8-12-6-7-16-15(12)17-9-14/h2-9H,10H2,1H3,(H,16,17). The third kappa shape index (κ3) is 2.52. The molecule has 3 rings (SSSR count). The van der Waals surface area contributed by atoms with Crippen LogP contribution in [-0.2, 0) is 6.61 Å². The molecule has 0 aliphatic heterocycles. The first kappa shape index (κ1) is 11.6.